The molecule has 1 heterocycles. The van der Waals surface area contributed by atoms with E-state index >= 15 is 0 Å². The van der Waals surface area contributed by atoms with Gasteiger partial charge in [0.1, 0.15) is 11.6 Å². The van der Waals surface area contributed by atoms with E-state index in [2.05, 4.69) is 4.98 Å². The number of nitrogens with zero attached hydrogens (tertiary/aromatic N) is 2. The van der Waals surface area contributed by atoms with Crippen LogP contribution in [-0.4, -0.2) is 9.55 Å². The lowest BCUT2D eigenvalue weighted by atomic mass is 10.1. The number of rotatable bonds is 2. The van der Waals surface area contributed by atoms with Gasteiger partial charge in [-0.15, -0.1) is 0 Å². The predicted molar refractivity (Wildman–Crippen MR) is 60.9 cm³/mol. The summed E-state index contributed by atoms with van der Waals surface area (Å²) in [5.74, 6) is 0.535. The van der Waals surface area contributed by atoms with E-state index in [0.717, 1.165) is 11.5 Å². The summed E-state index contributed by atoms with van der Waals surface area (Å²) in [7, 11) is 0. The number of aryl methyl sites for hydroxylation is 1. The van der Waals surface area contributed by atoms with Crippen LogP contribution in [0.5, 0.6) is 0 Å². The van der Waals surface area contributed by atoms with Gasteiger partial charge in [0, 0.05) is 24.0 Å². The van der Waals surface area contributed by atoms with E-state index in [0.29, 0.717) is 5.56 Å². The topological polar surface area (TPSA) is 43.8 Å². The molecule has 2 rings (SSSR count). The van der Waals surface area contributed by atoms with Crippen molar-refractivity contribution in [1.29, 1.82) is 0 Å². The molecule has 0 fully saturated rings. The Kier molecular flexibility index (Phi) is 2.75. The van der Waals surface area contributed by atoms with E-state index in [1.165, 1.54) is 6.07 Å². The molecule has 0 aliphatic rings. The smallest absolute Gasteiger partial charge is 0.130 e. The highest BCUT2D eigenvalue weighted by molar-refractivity contribution is 5.44. The van der Waals surface area contributed by atoms with Crippen LogP contribution in [0.15, 0.2) is 30.6 Å². The normalized spacial score (nSPS) is 12.8. The molecule has 4 heteroatoms. The van der Waals surface area contributed by atoms with Crippen LogP contribution in [0.4, 0.5) is 4.39 Å². The van der Waals surface area contributed by atoms with Gasteiger partial charge in [-0.3, -0.25) is 0 Å². The quantitative estimate of drug-likeness (QED) is 0.842. The first-order chi connectivity index (χ1) is 7.61. The Morgan fingerprint density at radius 3 is 2.75 bits per heavy atom. The van der Waals surface area contributed by atoms with Gasteiger partial charge in [-0.05, 0) is 26.0 Å². The van der Waals surface area contributed by atoms with Crippen molar-refractivity contribution in [1.82, 2.24) is 9.55 Å². The molecule has 84 valence electrons. The second-order valence-corrected chi connectivity index (χ2v) is 3.81. The van der Waals surface area contributed by atoms with Crippen molar-refractivity contribution in [2.75, 3.05) is 0 Å². The molecular formula is C12H14FN3. The van der Waals surface area contributed by atoms with Crippen molar-refractivity contribution in [3.8, 4) is 5.69 Å². The summed E-state index contributed by atoms with van der Waals surface area (Å²) in [6.45, 7) is 3.64. The maximum absolute atomic E-state index is 13.7. The van der Waals surface area contributed by atoms with Gasteiger partial charge in [0.05, 0.1) is 5.69 Å². The molecule has 0 spiro atoms. The zero-order valence-corrected chi connectivity index (χ0v) is 9.31. The molecule has 1 aromatic heterocycles. The van der Waals surface area contributed by atoms with Crippen LogP contribution in [-0.2, 0) is 0 Å². The second kappa shape index (κ2) is 4.06. The van der Waals surface area contributed by atoms with E-state index in [1.54, 1.807) is 25.4 Å². The lowest BCUT2D eigenvalue weighted by Crippen LogP contribution is -2.12. The Bertz CT molecular complexity index is 503. The molecule has 0 saturated carbocycles. The van der Waals surface area contributed by atoms with Crippen LogP contribution < -0.4 is 5.73 Å². The van der Waals surface area contributed by atoms with Crippen LogP contribution >= 0.6 is 0 Å². The Morgan fingerprint density at radius 2 is 2.19 bits per heavy atom. The molecule has 3 nitrogen and oxygen atoms in total. The van der Waals surface area contributed by atoms with Crippen molar-refractivity contribution in [2.45, 2.75) is 19.9 Å². The predicted octanol–water partition coefficient (Wildman–Crippen LogP) is 2.34. The minimum absolute atomic E-state index is 0.277. The van der Waals surface area contributed by atoms with Gasteiger partial charge in [0.25, 0.3) is 0 Å². The zero-order chi connectivity index (χ0) is 11.7. The van der Waals surface area contributed by atoms with E-state index in [9.17, 15) is 4.39 Å². The summed E-state index contributed by atoms with van der Waals surface area (Å²) in [5, 5.41) is 0. The number of imidazole rings is 1. The second-order valence-electron chi connectivity index (χ2n) is 3.81. The Hall–Kier alpha value is -1.68. The molecule has 1 unspecified atom stereocenters. The minimum Gasteiger partial charge on any atom is -0.324 e. The van der Waals surface area contributed by atoms with Crippen LogP contribution in [0.3, 0.4) is 0 Å². The molecule has 0 saturated heterocycles. The first kappa shape index (κ1) is 10.8. The molecule has 0 aliphatic heterocycles. The summed E-state index contributed by atoms with van der Waals surface area (Å²) in [6, 6.07) is 4.60. The van der Waals surface area contributed by atoms with Gasteiger partial charge in [-0.1, -0.05) is 6.07 Å². The fraction of sp³-hybridized carbons (Fsp3) is 0.250. The highest BCUT2D eigenvalue weighted by Crippen LogP contribution is 2.24. The average molecular weight is 219 g/mol. The zero-order valence-electron chi connectivity index (χ0n) is 9.31. The number of aromatic nitrogens is 2. The largest absolute Gasteiger partial charge is 0.324 e. The maximum atomic E-state index is 13.7. The fourth-order valence-electron chi connectivity index (χ4n) is 1.82. The number of benzene rings is 1. The number of halogens is 1. The van der Waals surface area contributed by atoms with Crippen LogP contribution in [0.1, 0.15) is 24.4 Å². The van der Waals surface area contributed by atoms with Crippen molar-refractivity contribution in [3.05, 3.63) is 47.8 Å². The van der Waals surface area contributed by atoms with Crippen LogP contribution in [0, 0.1) is 12.7 Å². The van der Waals surface area contributed by atoms with E-state index in [-0.39, 0.29) is 11.9 Å². The van der Waals surface area contributed by atoms with Crippen molar-refractivity contribution in [2.24, 2.45) is 5.73 Å². The highest BCUT2D eigenvalue weighted by atomic mass is 19.1. The van der Waals surface area contributed by atoms with Gasteiger partial charge in [0.2, 0.25) is 0 Å². The molecule has 1 atom stereocenters. The maximum Gasteiger partial charge on any atom is 0.130 e. The third-order valence-corrected chi connectivity index (χ3v) is 2.57. The fourth-order valence-corrected chi connectivity index (χ4v) is 1.82. The van der Waals surface area contributed by atoms with Crippen molar-refractivity contribution < 1.29 is 4.39 Å². The summed E-state index contributed by atoms with van der Waals surface area (Å²) in [6.07, 6.45) is 3.49. The van der Waals surface area contributed by atoms with Crippen molar-refractivity contribution in [3.63, 3.8) is 0 Å². The molecule has 1 aromatic carbocycles. The van der Waals surface area contributed by atoms with Crippen molar-refractivity contribution >= 4 is 0 Å². The summed E-state index contributed by atoms with van der Waals surface area (Å²) < 4.78 is 15.5. The number of hydrogen-bond acceptors (Lipinski definition) is 2. The van der Waals surface area contributed by atoms with E-state index < -0.39 is 0 Å². The summed E-state index contributed by atoms with van der Waals surface area (Å²) in [5.41, 5.74) is 7.07. The lowest BCUT2D eigenvalue weighted by Gasteiger charge is -2.15. The van der Waals surface area contributed by atoms with Crippen LogP contribution in [0.2, 0.25) is 0 Å². The molecule has 0 amide bonds. The summed E-state index contributed by atoms with van der Waals surface area (Å²) >= 11 is 0. The molecular weight excluding hydrogens is 205 g/mol. The van der Waals surface area contributed by atoms with Gasteiger partial charge in [-0.2, -0.15) is 0 Å². The Balaban J connectivity index is 2.66. The third-order valence-electron chi connectivity index (χ3n) is 2.57. The first-order valence-electron chi connectivity index (χ1n) is 5.15. The molecule has 0 radical (unpaired) electrons. The Morgan fingerprint density at radius 1 is 1.44 bits per heavy atom. The third kappa shape index (κ3) is 1.72. The van der Waals surface area contributed by atoms with Gasteiger partial charge >= 0.3 is 0 Å². The first-order valence-corrected chi connectivity index (χ1v) is 5.15. The monoisotopic (exact) mass is 219 g/mol. The SMILES string of the molecule is Cc1nccn1-c1cccc(F)c1C(C)N. The molecule has 16 heavy (non-hydrogen) atoms. The number of hydrogen-bond donors (Lipinski definition) is 1. The minimum atomic E-state index is -0.349. The molecule has 0 bridgehead atoms. The lowest BCUT2D eigenvalue weighted by molar-refractivity contribution is 0.591. The number of nitrogens with two attached hydrogens (primary N) is 1. The van der Waals surface area contributed by atoms with E-state index in [1.807, 2.05) is 17.6 Å². The van der Waals surface area contributed by atoms with Gasteiger partial charge < -0.3 is 10.3 Å². The highest BCUT2D eigenvalue weighted by Gasteiger charge is 2.14. The average Bonchev–Trinajstić information content (AvgIpc) is 2.63. The summed E-state index contributed by atoms with van der Waals surface area (Å²) in [4.78, 5) is 4.12. The standard InChI is InChI=1S/C12H14FN3/c1-8(14)12-10(13)4-3-5-11(12)16-7-6-15-9(16)2/h3-8H,14H2,1-2H3. The van der Waals surface area contributed by atoms with Gasteiger partial charge in [-0.25, -0.2) is 9.37 Å². The Labute approximate surface area is 93.7 Å². The van der Waals surface area contributed by atoms with Gasteiger partial charge in [0.15, 0.2) is 0 Å². The molecule has 0 aliphatic carbocycles. The molecule has 2 N–H and O–H groups in total. The van der Waals surface area contributed by atoms with Crippen LogP contribution in [0.25, 0.3) is 5.69 Å². The molecule has 2 aromatic rings. The van der Waals surface area contributed by atoms with E-state index in [4.69, 9.17) is 5.73 Å².